The third-order valence-electron chi connectivity index (χ3n) is 6.64. The van der Waals surface area contributed by atoms with Crippen molar-refractivity contribution in [3.63, 3.8) is 0 Å². The van der Waals surface area contributed by atoms with Crippen molar-refractivity contribution in [1.82, 2.24) is 24.6 Å². The van der Waals surface area contributed by atoms with Crippen molar-refractivity contribution in [3.8, 4) is 11.1 Å². The first-order valence-electron chi connectivity index (χ1n) is 10.5. The number of hydrogen-bond donors (Lipinski definition) is 1. The third kappa shape index (κ3) is 3.29. The molecule has 0 atom stereocenters. The summed E-state index contributed by atoms with van der Waals surface area (Å²) in [6, 6.07) is 3.18. The van der Waals surface area contributed by atoms with E-state index in [0.717, 1.165) is 17.3 Å². The van der Waals surface area contributed by atoms with E-state index in [2.05, 4.69) is 39.6 Å². The van der Waals surface area contributed by atoms with Crippen molar-refractivity contribution in [3.05, 3.63) is 36.4 Å². The fourth-order valence-corrected chi connectivity index (χ4v) is 5.10. The molecular formula is C22H29N5. The summed E-state index contributed by atoms with van der Waals surface area (Å²) in [4.78, 5) is 10.8. The minimum atomic E-state index is 0.652. The van der Waals surface area contributed by atoms with E-state index in [4.69, 9.17) is 4.98 Å². The second-order valence-corrected chi connectivity index (χ2v) is 8.37. The van der Waals surface area contributed by atoms with Gasteiger partial charge in [-0.1, -0.05) is 6.42 Å². The molecule has 5 nitrogen and oxygen atoms in total. The summed E-state index contributed by atoms with van der Waals surface area (Å²) in [5, 5.41) is 5.54. The molecule has 5 heteroatoms. The molecule has 0 aromatic carbocycles. The van der Waals surface area contributed by atoms with Gasteiger partial charge in [0, 0.05) is 48.2 Å². The maximum Gasteiger partial charge on any atom is 0.137 e. The molecular weight excluding hydrogens is 334 g/mol. The Balaban J connectivity index is 1.35. The standard InChI is InChI=1S/C22H29N5/c1-26-15-18(13-25-26)21-14-24-22-20(21)11-17(12-23-22)16-5-7-19(8-6-16)27-9-3-2-4-10-27/h11-16,19H,2-10H2,1H3,(H,23,24)/t16-,19+. The van der Waals surface area contributed by atoms with Gasteiger partial charge in [-0.25, -0.2) is 4.98 Å². The molecule has 3 aromatic rings. The molecule has 3 aromatic heterocycles. The van der Waals surface area contributed by atoms with Gasteiger partial charge >= 0.3 is 0 Å². The van der Waals surface area contributed by atoms with Gasteiger partial charge < -0.3 is 9.88 Å². The Morgan fingerprint density at radius 3 is 2.59 bits per heavy atom. The number of aromatic nitrogens is 4. The fraction of sp³-hybridized carbons (Fsp3) is 0.545. The van der Waals surface area contributed by atoms with Crippen LogP contribution < -0.4 is 0 Å². The van der Waals surface area contributed by atoms with Gasteiger partial charge in [0.25, 0.3) is 0 Å². The summed E-state index contributed by atoms with van der Waals surface area (Å²) < 4.78 is 1.85. The first-order valence-corrected chi connectivity index (χ1v) is 10.5. The van der Waals surface area contributed by atoms with Crippen LogP contribution in [0.4, 0.5) is 0 Å². The number of pyridine rings is 1. The Morgan fingerprint density at radius 1 is 1.04 bits per heavy atom. The van der Waals surface area contributed by atoms with E-state index < -0.39 is 0 Å². The van der Waals surface area contributed by atoms with Crippen molar-refractivity contribution < 1.29 is 0 Å². The van der Waals surface area contributed by atoms with Gasteiger partial charge in [0.15, 0.2) is 0 Å². The lowest BCUT2D eigenvalue weighted by atomic mass is 9.81. The molecule has 0 bridgehead atoms. The summed E-state index contributed by atoms with van der Waals surface area (Å²) in [6.45, 7) is 2.64. The topological polar surface area (TPSA) is 49.7 Å². The molecule has 142 valence electrons. The van der Waals surface area contributed by atoms with Gasteiger partial charge in [-0.2, -0.15) is 5.10 Å². The molecule has 0 unspecified atom stereocenters. The molecule has 0 amide bonds. The molecule has 1 saturated carbocycles. The molecule has 4 heterocycles. The van der Waals surface area contributed by atoms with Crippen LogP contribution in [0.1, 0.15) is 56.4 Å². The third-order valence-corrected chi connectivity index (χ3v) is 6.64. The maximum atomic E-state index is 4.73. The van der Waals surface area contributed by atoms with Crippen LogP contribution in [-0.4, -0.2) is 43.8 Å². The zero-order valence-electron chi connectivity index (χ0n) is 16.2. The minimum Gasteiger partial charge on any atom is -0.346 e. The SMILES string of the molecule is Cn1cc(-c2c[nH]c3ncc([C@H]4CC[C@@H](N5CCCCC5)CC4)cc23)cn1. The lowest BCUT2D eigenvalue weighted by Gasteiger charge is -2.39. The quantitative estimate of drug-likeness (QED) is 0.747. The zero-order valence-corrected chi connectivity index (χ0v) is 16.2. The largest absolute Gasteiger partial charge is 0.346 e. The lowest BCUT2D eigenvalue weighted by Crippen LogP contribution is -2.41. The number of rotatable bonds is 3. The van der Waals surface area contributed by atoms with Crippen LogP contribution in [0, 0.1) is 0 Å². The smallest absolute Gasteiger partial charge is 0.137 e. The average Bonchev–Trinajstić information content (AvgIpc) is 3.34. The Morgan fingerprint density at radius 2 is 1.85 bits per heavy atom. The summed E-state index contributed by atoms with van der Waals surface area (Å²) >= 11 is 0. The van der Waals surface area contributed by atoms with Gasteiger partial charge in [0.05, 0.1) is 6.20 Å². The fourth-order valence-electron chi connectivity index (χ4n) is 5.10. The van der Waals surface area contributed by atoms with Gasteiger partial charge in [0.2, 0.25) is 0 Å². The number of H-pyrrole nitrogens is 1. The first kappa shape index (κ1) is 17.0. The van der Waals surface area contributed by atoms with Gasteiger partial charge in [-0.05, 0) is 69.2 Å². The van der Waals surface area contributed by atoms with Crippen molar-refractivity contribution in [2.75, 3.05) is 13.1 Å². The van der Waals surface area contributed by atoms with Crippen LogP contribution in [0.5, 0.6) is 0 Å². The molecule has 0 radical (unpaired) electrons. The van der Waals surface area contributed by atoms with Crippen molar-refractivity contribution in [2.45, 2.75) is 56.9 Å². The Kier molecular flexibility index (Phi) is 4.48. The molecule has 1 saturated heterocycles. The molecule has 2 fully saturated rings. The number of hydrogen-bond acceptors (Lipinski definition) is 3. The van der Waals surface area contributed by atoms with E-state index in [0.29, 0.717) is 5.92 Å². The first-order chi connectivity index (χ1) is 13.3. The van der Waals surface area contributed by atoms with Crippen molar-refractivity contribution >= 4 is 11.0 Å². The summed E-state index contributed by atoms with van der Waals surface area (Å²) in [7, 11) is 1.96. The van der Waals surface area contributed by atoms with Crippen LogP contribution in [0.2, 0.25) is 0 Å². The highest BCUT2D eigenvalue weighted by Gasteiger charge is 2.27. The Hall–Kier alpha value is -2.14. The minimum absolute atomic E-state index is 0.652. The van der Waals surface area contributed by atoms with E-state index in [9.17, 15) is 0 Å². The predicted molar refractivity (Wildman–Crippen MR) is 109 cm³/mol. The summed E-state index contributed by atoms with van der Waals surface area (Å²) in [5.41, 5.74) is 4.73. The zero-order chi connectivity index (χ0) is 18.2. The molecule has 0 spiro atoms. The van der Waals surface area contributed by atoms with Gasteiger partial charge in [0.1, 0.15) is 5.65 Å². The Bertz CT molecular complexity index is 910. The second kappa shape index (κ2) is 7.12. The number of aromatic amines is 1. The number of likely N-dealkylation sites (tertiary alicyclic amines) is 1. The van der Waals surface area contributed by atoms with Crippen LogP contribution in [0.25, 0.3) is 22.2 Å². The highest BCUT2D eigenvalue weighted by atomic mass is 15.2. The normalized spacial score (nSPS) is 24.5. The highest BCUT2D eigenvalue weighted by molar-refractivity contribution is 5.93. The molecule has 27 heavy (non-hydrogen) atoms. The summed E-state index contributed by atoms with van der Waals surface area (Å²) in [5.74, 6) is 0.652. The summed E-state index contributed by atoms with van der Waals surface area (Å²) in [6.07, 6.45) is 17.6. The molecule has 1 aliphatic heterocycles. The van der Waals surface area contributed by atoms with Crippen LogP contribution >= 0.6 is 0 Å². The van der Waals surface area contributed by atoms with Gasteiger partial charge in [-0.15, -0.1) is 0 Å². The van der Waals surface area contributed by atoms with Gasteiger partial charge in [-0.3, -0.25) is 4.68 Å². The molecule has 1 N–H and O–H groups in total. The van der Waals surface area contributed by atoms with E-state index in [-0.39, 0.29) is 0 Å². The van der Waals surface area contributed by atoms with E-state index in [1.54, 1.807) is 0 Å². The van der Waals surface area contributed by atoms with Crippen molar-refractivity contribution in [2.24, 2.45) is 7.05 Å². The van der Waals surface area contributed by atoms with E-state index >= 15 is 0 Å². The van der Waals surface area contributed by atoms with Crippen LogP contribution in [0.15, 0.2) is 30.9 Å². The van der Waals surface area contributed by atoms with Crippen molar-refractivity contribution in [1.29, 1.82) is 0 Å². The molecule has 1 aliphatic carbocycles. The van der Waals surface area contributed by atoms with Crippen LogP contribution in [-0.2, 0) is 7.05 Å². The predicted octanol–water partition coefficient (Wildman–Crippen LogP) is 4.48. The van der Waals surface area contributed by atoms with E-state index in [1.807, 2.05) is 17.9 Å². The molecule has 2 aliphatic rings. The second-order valence-electron chi connectivity index (χ2n) is 8.37. The number of piperidine rings is 1. The van der Waals surface area contributed by atoms with E-state index in [1.165, 1.54) is 74.5 Å². The maximum absolute atomic E-state index is 4.73. The number of fused-ring (bicyclic) bond motifs is 1. The lowest BCUT2D eigenvalue weighted by molar-refractivity contribution is 0.125. The monoisotopic (exact) mass is 363 g/mol. The highest BCUT2D eigenvalue weighted by Crippen LogP contribution is 2.37. The Labute approximate surface area is 160 Å². The number of nitrogens with one attached hydrogen (secondary N) is 1. The van der Waals surface area contributed by atoms with Crippen LogP contribution in [0.3, 0.4) is 0 Å². The number of aryl methyl sites for hydroxylation is 1. The number of nitrogens with zero attached hydrogens (tertiary/aromatic N) is 4. The average molecular weight is 364 g/mol. The molecule has 5 rings (SSSR count).